The van der Waals surface area contributed by atoms with Gasteiger partial charge < -0.3 is 9.53 Å². The molecule has 1 unspecified atom stereocenters. The Balaban J connectivity index is 2.57. The van der Waals surface area contributed by atoms with E-state index in [-0.39, 0.29) is 5.41 Å². The Morgan fingerprint density at radius 3 is 2.44 bits per heavy atom. The quantitative estimate of drug-likeness (QED) is 0.561. The van der Waals surface area contributed by atoms with E-state index in [0.29, 0.717) is 0 Å². The summed E-state index contributed by atoms with van der Waals surface area (Å²) in [6.45, 7) is 4.04. The van der Waals surface area contributed by atoms with E-state index in [4.69, 9.17) is 4.74 Å². The van der Waals surface area contributed by atoms with Crippen molar-refractivity contribution in [1.82, 2.24) is 0 Å². The molecule has 2 nitrogen and oxygen atoms in total. The van der Waals surface area contributed by atoms with Gasteiger partial charge >= 0.3 is 0 Å². The highest BCUT2D eigenvalue weighted by Crippen LogP contribution is 2.29. The van der Waals surface area contributed by atoms with Crippen molar-refractivity contribution < 1.29 is 9.53 Å². The van der Waals surface area contributed by atoms with Crippen molar-refractivity contribution in [1.29, 1.82) is 0 Å². The van der Waals surface area contributed by atoms with Gasteiger partial charge in [-0.1, -0.05) is 13.8 Å². The summed E-state index contributed by atoms with van der Waals surface area (Å²) in [6, 6.07) is 7.91. The number of carbonyl (C=O) groups is 1. The molecule has 0 saturated carbocycles. The minimum Gasteiger partial charge on any atom is -0.497 e. The van der Waals surface area contributed by atoms with E-state index in [1.54, 1.807) is 18.9 Å². The topological polar surface area (TPSA) is 26.3 Å². The number of methoxy groups -OCH3 is 1. The van der Waals surface area contributed by atoms with Crippen LogP contribution in [-0.2, 0) is 4.79 Å². The lowest BCUT2D eigenvalue weighted by Gasteiger charge is -2.19. The van der Waals surface area contributed by atoms with Crippen molar-refractivity contribution in [3.8, 4) is 5.75 Å². The molecule has 0 fully saturated rings. The number of hydrogen-bond acceptors (Lipinski definition) is 3. The number of aldehydes is 1. The maximum absolute atomic E-state index is 10.9. The highest BCUT2D eigenvalue weighted by atomic mass is 32.2. The van der Waals surface area contributed by atoms with Crippen LogP contribution >= 0.6 is 11.8 Å². The number of rotatable bonds is 6. The minimum absolute atomic E-state index is 0.218. The Kier molecular flexibility index (Phi) is 4.87. The van der Waals surface area contributed by atoms with Gasteiger partial charge in [-0.3, -0.25) is 0 Å². The van der Waals surface area contributed by atoms with Crippen molar-refractivity contribution in [3.63, 3.8) is 0 Å². The normalized spacial score (nSPS) is 14.2. The number of carbonyl (C=O) groups excluding carboxylic acids is 1. The lowest BCUT2D eigenvalue weighted by atomic mass is 9.92. The number of ether oxygens (including phenoxy) is 1. The van der Waals surface area contributed by atoms with Crippen molar-refractivity contribution in [2.24, 2.45) is 5.41 Å². The van der Waals surface area contributed by atoms with Crippen LogP contribution in [0.2, 0.25) is 0 Å². The van der Waals surface area contributed by atoms with Crippen LogP contribution in [0.4, 0.5) is 0 Å². The van der Waals surface area contributed by atoms with Gasteiger partial charge in [0.15, 0.2) is 0 Å². The molecule has 0 aliphatic rings. The molecule has 0 aliphatic heterocycles. The van der Waals surface area contributed by atoms with E-state index >= 15 is 0 Å². The third-order valence-corrected chi connectivity index (χ3v) is 4.13. The van der Waals surface area contributed by atoms with Gasteiger partial charge in [0.05, 0.1) is 7.11 Å². The second-order valence-electron chi connectivity index (χ2n) is 4.09. The molecule has 0 bridgehead atoms. The van der Waals surface area contributed by atoms with Crippen molar-refractivity contribution in [3.05, 3.63) is 24.3 Å². The second-order valence-corrected chi connectivity index (χ2v) is 5.14. The molecule has 1 aromatic rings. The summed E-state index contributed by atoms with van der Waals surface area (Å²) in [6.07, 6.45) is 1.93. The van der Waals surface area contributed by atoms with E-state index < -0.39 is 0 Å². The molecule has 0 amide bonds. The second kappa shape index (κ2) is 5.94. The Hall–Kier alpha value is -0.960. The van der Waals surface area contributed by atoms with Crippen LogP contribution in [0.1, 0.15) is 20.3 Å². The fourth-order valence-corrected chi connectivity index (χ4v) is 2.24. The molecule has 0 heterocycles. The minimum atomic E-state index is -0.218. The fourth-order valence-electron chi connectivity index (χ4n) is 1.14. The molecule has 0 aromatic heterocycles. The molecule has 0 N–H and O–H groups in total. The largest absolute Gasteiger partial charge is 0.497 e. The lowest BCUT2D eigenvalue weighted by Crippen LogP contribution is -2.19. The van der Waals surface area contributed by atoms with E-state index in [9.17, 15) is 4.79 Å². The Morgan fingerprint density at radius 1 is 1.38 bits per heavy atom. The van der Waals surface area contributed by atoms with Gasteiger partial charge in [-0.25, -0.2) is 0 Å². The molecular formula is C13H18O2S. The molecule has 3 heteroatoms. The van der Waals surface area contributed by atoms with Crippen LogP contribution < -0.4 is 4.74 Å². The maximum Gasteiger partial charge on any atom is 0.126 e. The van der Waals surface area contributed by atoms with Gasteiger partial charge in [-0.15, -0.1) is 11.8 Å². The van der Waals surface area contributed by atoms with E-state index in [1.165, 1.54) is 4.90 Å². The van der Waals surface area contributed by atoms with Gasteiger partial charge in [-0.2, -0.15) is 0 Å². The maximum atomic E-state index is 10.9. The van der Waals surface area contributed by atoms with Crippen molar-refractivity contribution >= 4 is 18.0 Å². The average Bonchev–Trinajstić information content (AvgIpc) is 2.36. The molecule has 0 saturated heterocycles. The first-order chi connectivity index (χ1) is 7.63. The first-order valence-corrected chi connectivity index (χ1v) is 6.35. The zero-order valence-electron chi connectivity index (χ0n) is 10.0. The summed E-state index contributed by atoms with van der Waals surface area (Å²) >= 11 is 1.71. The van der Waals surface area contributed by atoms with Crippen LogP contribution in [0.25, 0.3) is 0 Å². The standard InChI is InChI=1S/C13H18O2S/c1-4-13(2,9-14)10-16-12-7-5-11(15-3)6-8-12/h5-9H,4,10H2,1-3H3. The highest BCUT2D eigenvalue weighted by molar-refractivity contribution is 7.99. The van der Waals surface area contributed by atoms with Gasteiger partial charge in [0.25, 0.3) is 0 Å². The van der Waals surface area contributed by atoms with Crippen LogP contribution in [0, 0.1) is 5.41 Å². The molecule has 1 atom stereocenters. The SMILES string of the molecule is CCC(C)(C=O)CSc1ccc(OC)cc1. The van der Waals surface area contributed by atoms with Crippen molar-refractivity contribution in [2.45, 2.75) is 25.2 Å². The summed E-state index contributed by atoms with van der Waals surface area (Å²) < 4.78 is 5.09. The number of benzene rings is 1. The van der Waals surface area contributed by atoms with Gasteiger partial charge in [0, 0.05) is 16.1 Å². The summed E-state index contributed by atoms with van der Waals surface area (Å²) in [7, 11) is 1.66. The summed E-state index contributed by atoms with van der Waals surface area (Å²) in [5.41, 5.74) is -0.218. The molecule has 1 aromatic carbocycles. The number of thioether (sulfide) groups is 1. The Bertz CT molecular complexity index is 334. The summed E-state index contributed by atoms with van der Waals surface area (Å²) in [5, 5.41) is 0. The monoisotopic (exact) mass is 238 g/mol. The van der Waals surface area contributed by atoms with E-state index in [0.717, 1.165) is 24.2 Å². The highest BCUT2D eigenvalue weighted by Gasteiger charge is 2.21. The molecule has 1 rings (SSSR count). The summed E-state index contributed by atoms with van der Waals surface area (Å²) in [5.74, 6) is 1.68. The first-order valence-electron chi connectivity index (χ1n) is 5.37. The first kappa shape index (κ1) is 13.1. The van der Waals surface area contributed by atoms with Gasteiger partial charge in [0.2, 0.25) is 0 Å². The Labute approximate surface area is 101 Å². The van der Waals surface area contributed by atoms with E-state index in [1.807, 2.05) is 38.1 Å². The smallest absolute Gasteiger partial charge is 0.126 e. The van der Waals surface area contributed by atoms with Gasteiger partial charge in [-0.05, 0) is 30.7 Å². The van der Waals surface area contributed by atoms with Crippen LogP contribution in [-0.4, -0.2) is 19.1 Å². The third-order valence-electron chi connectivity index (χ3n) is 2.72. The molecule has 0 radical (unpaired) electrons. The van der Waals surface area contributed by atoms with E-state index in [2.05, 4.69) is 0 Å². The van der Waals surface area contributed by atoms with Gasteiger partial charge in [0.1, 0.15) is 12.0 Å². The molecule has 0 spiro atoms. The molecule has 0 aliphatic carbocycles. The Morgan fingerprint density at radius 2 is 2.00 bits per heavy atom. The predicted molar refractivity (Wildman–Crippen MR) is 68.2 cm³/mol. The molecule has 16 heavy (non-hydrogen) atoms. The lowest BCUT2D eigenvalue weighted by molar-refractivity contribution is -0.114. The summed E-state index contributed by atoms with van der Waals surface area (Å²) in [4.78, 5) is 12.1. The average molecular weight is 238 g/mol. The zero-order chi connectivity index (χ0) is 12.0. The predicted octanol–water partition coefficient (Wildman–Crippen LogP) is 3.40. The zero-order valence-corrected chi connectivity index (χ0v) is 10.8. The molecular weight excluding hydrogens is 220 g/mol. The fraction of sp³-hybridized carbons (Fsp3) is 0.462. The van der Waals surface area contributed by atoms with Crippen LogP contribution in [0.5, 0.6) is 5.75 Å². The number of hydrogen-bond donors (Lipinski definition) is 0. The van der Waals surface area contributed by atoms with Crippen molar-refractivity contribution in [2.75, 3.05) is 12.9 Å². The molecule has 88 valence electrons. The van der Waals surface area contributed by atoms with Crippen LogP contribution in [0.3, 0.4) is 0 Å². The van der Waals surface area contributed by atoms with Crippen LogP contribution in [0.15, 0.2) is 29.2 Å². The third kappa shape index (κ3) is 3.56.